The van der Waals surface area contributed by atoms with Gasteiger partial charge in [-0.1, -0.05) is 0 Å². The van der Waals surface area contributed by atoms with Gasteiger partial charge in [-0.25, -0.2) is 8.42 Å². The Morgan fingerprint density at radius 3 is 2.41 bits per heavy atom. The predicted octanol–water partition coefficient (Wildman–Crippen LogP) is 2.44. The summed E-state index contributed by atoms with van der Waals surface area (Å²) in [5, 5.41) is 0. The Hall–Kier alpha value is -2.99. The third-order valence-electron chi connectivity index (χ3n) is 5.18. The maximum atomic E-state index is 13.2. The number of halogens is 3. The van der Waals surface area contributed by atoms with Crippen molar-refractivity contribution in [1.82, 2.24) is 14.2 Å². The zero-order valence-electron chi connectivity index (χ0n) is 17.2. The van der Waals surface area contributed by atoms with Crippen molar-refractivity contribution in [2.75, 3.05) is 19.6 Å². The van der Waals surface area contributed by atoms with Crippen LogP contribution in [0.4, 0.5) is 13.2 Å². The molecule has 1 atom stereocenters. The standard InChI is InChI=1S/C20H20F3N3O5S/c1-14-17(4-3-9-24-14)18(28)25-10-11-26(19(2,12-25)31-13-27)32(29,30)16-7-5-15(6-8-16)20(21,22)23/h3-9,13H,10-12H2,1-2H3/t19-/m0/s1. The molecule has 0 saturated carbocycles. The Morgan fingerprint density at radius 1 is 1.19 bits per heavy atom. The highest BCUT2D eigenvalue weighted by atomic mass is 32.2. The van der Waals surface area contributed by atoms with E-state index in [9.17, 15) is 31.2 Å². The summed E-state index contributed by atoms with van der Waals surface area (Å²) >= 11 is 0. The minimum Gasteiger partial charge on any atom is -0.443 e. The number of carbonyl (C=O) groups excluding carboxylic acids is 2. The number of carbonyl (C=O) groups is 2. The lowest BCUT2D eigenvalue weighted by Crippen LogP contribution is -2.64. The van der Waals surface area contributed by atoms with Crippen LogP contribution in [0.2, 0.25) is 0 Å². The number of ether oxygens (including phenoxy) is 1. The van der Waals surface area contributed by atoms with Crippen LogP contribution in [0.5, 0.6) is 0 Å². The molecule has 1 saturated heterocycles. The average molecular weight is 471 g/mol. The van der Waals surface area contributed by atoms with E-state index in [1.807, 2.05) is 0 Å². The van der Waals surface area contributed by atoms with Crippen LogP contribution in [0.1, 0.15) is 28.5 Å². The summed E-state index contributed by atoms with van der Waals surface area (Å²) in [7, 11) is -4.34. The van der Waals surface area contributed by atoms with E-state index in [2.05, 4.69) is 4.98 Å². The molecule has 0 bridgehead atoms. The molecule has 12 heteroatoms. The van der Waals surface area contributed by atoms with Gasteiger partial charge < -0.3 is 9.64 Å². The van der Waals surface area contributed by atoms with Crippen molar-refractivity contribution in [3.63, 3.8) is 0 Å². The molecule has 1 aromatic carbocycles. The molecule has 0 unspecified atom stereocenters. The molecule has 2 aromatic rings. The zero-order chi connectivity index (χ0) is 23.7. The number of aromatic nitrogens is 1. The normalized spacial score (nSPS) is 20.1. The molecule has 0 radical (unpaired) electrons. The maximum Gasteiger partial charge on any atom is 0.416 e. The van der Waals surface area contributed by atoms with Crippen molar-refractivity contribution in [3.05, 3.63) is 59.4 Å². The first-order valence-corrected chi connectivity index (χ1v) is 10.9. The zero-order valence-corrected chi connectivity index (χ0v) is 18.0. The topological polar surface area (TPSA) is 96.9 Å². The lowest BCUT2D eigenvalue weighted by Gasteiger charge is -2.46. The van der Waals surface area contributed by atoms with Gasteiger partial charge in [0.1, 0.15) is 0 Å². The number of nitrogens with zero attached hydrogens (tertiary/aromatic N) is 3. The van der Waals surface area contributed by atoms with E-state index in [0.717, 1.165) is 16.4 Å². The molecule has 0 aliphatic carbocycles. The highest BCUT2D eigenvalue weighted by molar-refractivity contribution is 7.89. The second-order valence-corrected chi connectivity index (χ2v) is 9.21. The van der Waals surface area contributed by atoms with Crippen LogP contribution in [-0.4, -0.2) is 60.3 Å². The van der Waals surface area contributed by atoms with Gasteiger partial charge in [0.2, 0.25) is 10.0 Å². The van der Waals surface area contributed by atoms with Crippen molar-refractivity contribution >= 4 is 22.4 Å². The fraction of sp³-hybridized carbons (Fsp3) is 0.350. The van der Waals surface area contributed by atoms with E-state index in [0.29, 0.717) is 23.4 Å². The number of benzene rings is 1. The summed E-state index contributed by atoms with van der Waals surface area (Å²) in [6, 6.07) is 6.18. The van der Waals surface area contributed by atoms with Crippen LogP contribution in [0, 0.1) is 6.92 Å². The number of sulfonamides is 1. The molecule has 1 aromatic heterocycles. The quantitative estimate of drug-likeness (QED) is 0.622. The number of rotatable bonds is 5. The molecule has 3 rings (SSSR count). The van der Waals surface area contributed by atoms with Gasteiger partial charge >= 0.3 is 6.18 Å². The highest BCUT2D eigenvalue weighted by Crippen LogP contribution is 2.33. The molecule has 1 fully saturated rings. The summed E-state index contributed by atoms with van der Waals surface area (Å²) < 4.78 is 70.8. The first-order chi connectivity index (χ1) is 14.9. The predicted molar refractivity (Wildman–Crippen MR) is 106 cm³/mol. The first-order valence-electron chi connectivity index (χ1n) is 9.42. The molecular weight excluding hydrogens is 451 g/mol. The van der Waals surface area contributed by atoms with Crippen LogP contribution >= 0.6 is 0 Å². The second-order valence-electron chi connectivity index (χ2n) is 7.35. The van der Waals surface area contributed by atoms with E-state index >= 15 is 0 Å². The number of hydrogen-bond donors (Lipinski definition) is 0. The maximum absolute atomic E-state index is 13.2. The number of amides is 1. The first kappa shape index (κ1) is 23.7. The van der Waals surface area contributed by atoms with Crippen LogP contribution in [0.15, 0.2) is 47.5 Å². The lowest BCUT2D eigenvalue weighted by molar-refractivity contribution is -0.162. The average Bonchev–Trinajstić information content (AvgIpc) is 2.73. The van der Waals surface area contributed by atoms with Gasteiger partial charge in [-0.3, -0.25) is 14.6 Å². The fourth-order valence-electron chi connectivity index (χ4n) is 3.53. The molecule has 1 aliphatic rings. The van der Waals surface area contributed by atoms with E-state index in [4.69, 9.17) is 4.74 Å². The smallest absolute Gasteiger partial charge is 0.416 e. The Bertz CT molecular complexity index is 1120. The molecular formula is C20H20F3N3O5S. The minimum atomic E-state index is -4.62. The number of aryl methyl sites for hydroxylation is 1. The number of alkyl halides is 3. The van der Waals surface area contributed by atoms with E-state index in [1.165, 1.54) is 18.0 Å². The van der Waals surface area contributed by atoms with Crippen LogP contribution < -0.4 is 0 Å². The molecule has 32 heavy (non-hydrogen) atoms. The monoisotopic (exact) mass is 471 g/mol. The molecule has 8 nitrogen and oxygen atoms in total. The van der Waals surface area contributed by atoms with Gasteiger partial charge in [-0.2, -0.15) is 17.5 Å². The summed E-state index contributed by atoms with van der Waals surface area (Å²) in [6.07, 6.45) is -3.09. The Labute approximate surface area is 182 Å². The van der Waals surface area contributed by atoms with Crippen LogP contribution in [-0.2, 0) is 25.7 Å². The van der Waals surface area contributed by atoms with Gasteiger partial charge in [0.05, 0.1) is 22.6 Å². The molecule has 1 aliphatic heterocycles. The molecule has 0 N–H and O–H groups in total. The van der Waals surface area contributed by atoms with Crippen molar-refractivity contribution < 1.29 is 35.9 Å². The second kappa shape index (κ2) is 8.51. The van der Waals surface area contributed by atoms with Gasteiger partial charge in [-0.05, 0) is 50.2 Å². The van der Waals surface area contributed by atoms with Crippen molar-refractivity contribution in [1.29, 1.82) is 0 Å². The lowest BCUT2D eigenvalue weighted by atomic mass is 10.1. The fourth-order valence-corrected chi connectivity index (χ4v) is 5.20. The van der Waals surface area contributed by atoms with E-state index in [-0.39, 0.29) is 26.1 Å². The SMILES string of the molecule is Cc1ncccc1C(=O)N1CCN(S(=O)(=O)c2ccc(C(F)(F)F)cc2)[C@@](C)(OC=O)C1. The Morgan fingerprint density at radius 2 is 1.84 bits per heavy atom. The Kier molecular flexibility index (Phi) is 6.29. The highest BCUT2D eigenvalue weighted by Gasteiger charge is 2.48. The summed E-state index contributed by atoms with van der Waals surface area (Å²) in [5.41, 5.74) is -1.96. The van der Waals surface area contributed by atoms with E-state index < -0.39 is 38.3 Å². The third-order valence-corrected chi connectivity index (χ3v) is 7.20. The Balaban J connectivity index is 1.91. The molecule has 2 heterocycles. The van der Waals surface area contributed by atoms with Crippen molar-refractivity contribution in [3.8, 4) is 0 Å². The van der Waals surface area contributed by atoms with E-state index in [1.54, 1.807) is 19.1 Å². The third kappa shape index (κ3) is 4.46. The summed E-state index contributed by atoms with van der Waals surface area (Å²) in [4.78, 5) is 29.1. The van der Waals surface area contributed by atoms with Gasteiger partial charge in [0.15, 0.2) is 5.72 Å². The number of piperazine rings is 1. The summed E-state index contributed by atoms with van der Waals surface area (Å²) in [6.45, 7) is 2.50. The molecule has 172 valence electrons. The number of pyridine rings is 1. The van der Waals surface area contributed by atoms with Crippen molar-refractivity contribution in [2.45, 2.75) is 30.6 Å². The number of hydrogen-bond acceptors (Lipinski definition) is 6. The van der Waals surface area contributed by atoms with Gasteiger partial charge in [0.25, 0.3) is 12.4 Å². The van der Waals surface area contributed by atoms with Crippen LogP contribution in [0.3, 0.4) is 0 Å². The molecule has 1 amide bonds. The minimum absolute atomic E-state index is 0.0230. The largest absolute Gasteiger partial charge is 0.443 e. The summed E-state index contributed by atoms with van der Waals surface area (Å²) in [5.74, 6) is -0.414. The molecule has 0 spiro atoms. The van der Waals surface area contributed by atoms with Gasteiger partial charge in [-0.15, -0.1) is 0 Å². The van der Waals surface area contributed by atoms with Crippen molar-refractivity contribution in [2.24, 2.45) is 0 Å². The van der Waals surface area contributed by atoms with Gasteiger partial charge in [0, 0.05) is 25.0 Å². The van der Waals surface area contributed by atoms with Crippen LogP contribution in [0.25, 0.3) is 0 Å².